The van der Waals surface area contributed by atoms with Crippen molar-refractivity contribution in [2.45, 2.75) is 13.8 Å². The molecule has 0 unspecified atom stereocenters. The summed E-state index contributed by atoms with van der Waals surface area (Å²) < 4.78 is 10.6. The predicted molar refractivity (Wildman–Crippen MR) is 111 cm³/mol. The Kier molecular flexibility index (Phi) is 6.92. The maximum Gasteiger partial charge on any atom is 0.364 e. The molecule has 0 amide bonds. The molecule has 0 atom stereocenters. The average Bonchev–Trinajstić information content (AvgIpc) is 3.15. The van der Waals surface area contributed by atoms with E-state index in [-0.39, 0.29) is 30.6 Å². The van der Waals surface area contributed by atoms with Gasteiger partial charge in [0.2, 0.25) is 5.69 Å². The van der Waals surface area contributed by atoms with Crippen molar-refractivity contribution in [2.24, 2.45) is 5.10 Å². The molecule has 0 spiro atoms. The lowest BCUT2D eigenvalue weighted by atomic mass is 10.1. The highest BCUT2D eigenvalue weighted by Gasteiger charge is 2.23. The molecule has 0 aliphatic carbocycles. The van der Waals surface area contributed by atoms with E-state index < -0.39 is 5.97 Å². The van der Waals surface area contributed by atoms with E-state index >= 15 is 0 Å². The van der Waals surface area contributed by atoms with Crippen LogP contribution in [0.2, 0.25) is 5.02 Å². The number of aryl methyl sites for hydroxylation is 1. The minimum Gasteiger partial charge on any atom is -0.466 e. The molecule has 154 valence electrons. The molecule has 0 fully saturated rings. The van der Waals surface area contributed by atoms with Gasteiger partial charge < -0.3 is 9.47 Å². The Morgan fingerprint density at radius 1 is 1.13 bits per heavy atom. The second-order valence-corrected chi connectivity index (χ2v) is 6.66. The number of hydrogen-bond donors (Lipinski definition) is 0. The highest BCUT2D eigenvalue weighted by molar-refractivity contribution is 6.30. The third kappa shape index (κ3) is 5.30. The maximum atomic E-state index is 12.4. The number of carbonyl (C=O) groups is 2. The zero-order chi connectivity index (χ0) is 21.5. The molecule has 3 aromatic rings. The summed E-state index contributed by atoms with van der Waals surface area (Å²) in [6.07, 6.45) is 1.49. The SMILES string of the molecule is CCOC(=O)c1nnn(N=Cc2ccc(Cl)cc2)c1OCC(=O)c1ccc(C)cc1. The number of Topliss-reactive ketones (excluding diaryl/α,β-unsaturated/α-hetero) is 1. The Morgan fingerprint density at radius 2 is 1.83 bits per heavy atom. The second-order valence-electron chi connectivity index (χ2n) is 6.23. The number of rotatable bonds is 8. The number of hydrogen-bond acceptors (Lipinski definition) is 7. The topological polar surface area (TPSA) is 95.7 Å². The number of benzene rings is 2. The monoisotopic (exact) mass is 426 g/mol. The highest BCUT2D eigenvalue weighted by Crippen LogP contribution is 2.18. The molecule has 1 heterocycles. The third-order valence-electron chi connectivity index (χ3n) is 3.98. The standard InChI is InChI=1S/C21H19ClN4O4/c1-3-29-21(28)19-20(30-13-18(27)16-8-4-14(2)5-9-16)26(25-24-19)23-12-15-6-10-17(22)11-7-15/h4-12H,3,13H2,1-2H3. The summed E-state index contributed by atoms with van der Waals surface area (Å²) in [6.45, 7) is 3.43. The van der Waals surface area contributed by atoms with Crippen LogP contribution in [0.25, 0.3) is 0 Å². The number of ketones is 1. The van der Waals surface area contributed by atoms with Gasteiger partial charge in [0.05, 0.1) is 12.8 Å². The minimum absolute atomic E-state index is 0.0841. The molecule has 0 radical (unpaired) electrons. The van der Waals surface area contributed by atoms with Crippen molar-refractivity contribution in [3.8, 4) is 5.88 Å². The first-order valence-corrected chi connectivity index (χ1v) is 9.51. The molecule has 0 N–H and O–H groups in total. The fourth-order valence-corrected chi connectivity index (χ4v) is 2.55. The van der Waals surface area contributed by atoms with Crippen LogP contribution in [0.15, 0.2) is 53.6 Å². The number of aromatic nitrogens is 3. The van der Waals surface area contributed by atoms with Crippen molar-refractivity contribution in [3.63, 3.8) is 0 Å². The van der Waals surface area contributed by atoms with Crippen LogP contribution in [0.4, 0.5) is 0 Å². The molecule has 8 nitrogen and oxygen atoms in total. The number of ether oxygens (including phenoxy) is 2. The summed E-state index contributed by atoms with van der Waals surface area (Å²) in [5.74, 6) is -1.07. The van der Waals surface area contributed by atoms with E-state index in [9.17, 15) is 9.59 Å². The van der Waals surface area contributed by atoms with Gasteiger partial charge in [0, 0.05) is 10.6 Å². The van der Waals surface area contributed by atoms with Crippen molar-refractivity contribution in [3.05, 3.63) is 75.9 Å². The van der Waals surface area contributed by atoms with Gasteiger partial charge in [0.15, 0.2) is 12.4 Å². The Morgan fingerprint density at radius 3 is 2.50 bits per heavy atom. The lowest BCUT2D eigenvalue weighted by Crippen LogP contribution is -2.15. The van der Waals surface area contributed by atoms with Crippen molar-refractivity contribution in [1.29, 1.82) is 0 Å². The van der Waals surface area contributed by atoms with Gasteiger partial charge in [-0.25, -0.2) is 4.79 Å². The number of nitrogens with zero attached hydrogens (tertiary/aromatic N) is 4. The van der Waals surface area contributed by atoms with Gasteiger partial charge in [-0.1, -0.05) is 58.4 Å². The van der Waals surface area contributed by atoms with Crippen LogP contribution in [-0.2, 0) is 4.74 Å². The van der Waals surface area contributed by atoms with Crippen molar-refractivity contribution in [1.82, 2.24) is 15.1 Å². The summed E-state index contributed by atoms with van der Waals surface area (Å²) in [6, 6.07) is 14.0. The molecule has 30 heavy (non-hydrogen) atoms. The second kappa shape index (κ2) is 9.80. The van der Waals surface area contributed by atoms with Gasteiger partial charge >= 0.3 is 5.97 Å². The lowest BCUT2D eigenvalue weighted by molar-refractivity contribution is 0.0512. The van der Waals surface area contributed by atoms with Gasteiger partial charge in [-0.05, 0) is 36.8 Å². The Labute approximate surface area is 178 Å². The first kappa shape index (κ1) is 21.2. The molecule has 2 aromatic carbocycles. The molecule has 0 saturated carbocycles. The maximum absolute atomic E-state index is 12.4. The molecule has 3 rings (SSSR count). The van der Waals surface area contributed by atoms with E-state index in [0.717, 1.165) is 15.9 Å². The van der Waals surface area contributed by atoms with Crippen LogP contribution in [0.5, 0.6) is 5.88 Å². The molecular formula is C21H19ClN4O4. The Balaban J connectivity index is 1.82. The largest absolute Gasteiger partial charge is 0.466 e. The quantitative estimate of drug-likeness (QED) is 0.310. The first-order chi connectivity index (χ1) is 14.5. The highest BCUT2D eigenvalue weighted by atomic mass is 35.5. The zero-order valence-electron chi connectivity index (χ0n) is 16.4. The summed E-state index contributed by atoms with van der Waals surface area (Å²) in [5.41, 5.74) is 2.11. The summed E-state index contributed by atoms with van der Waals surface area (Å²) in [5, 5.41) is 12.4. The smallest absolute Gasteiger partial charge is 0.364 e. The molecule has 0 bridgehead atoms. The molecule has 1 aromatic heterocycles. The van der Waals surface area contributed by atoms with Crippen molar-refractivity contribution < 1.29 is 19.1 Å². The summed E-state index contributed by atoms with van der Waals surface area (Å²) >= 11 is 5.88. The van der Waals surface area contributed by atoms with E-state index in [1.165, 1.54) is 6.21 Å². The summed E-state index contributed by atoms with van der Waals surface area (Å²) in [7, 11) is 0. The van der Waals surface area contributed by atoms with E-state index in [4.69, 9.17) is 21.1 Å². The zero-order valence-corrected chi connectivity index (χ0v) is 17.2. The average molecular weight is 427 g/mol. The van der Waals surface area contributed by atoms with Crippen molar-refractivity contribution in [2.75, 3.05) is 13.2 Å². The van der Waals surface area contributed by atoms with Crippen LogP contribution >= 0.6 is 11.6 Å². The predicted octanol–water partition coefficient (Wildman–Crippen LogP) is 3.56. The summed E-state index contributed by atoms with van der Waals surface area (Å²) in [4.78, 5) is 25.6. The fraction of sp³-hybridized carbons (Fsp3) is 0.190. The minimum atomic E-state index is -0.719. The van der Waals surface area contributed by atoms with E-state index in [2.05, 4.69) is 15.4 Å². The van der Waals surface area contributed by atoms with Gasteiger partial charge in [0.25, 0.3) is 5.88 Å². The van der Waals surface area contributed by atoms with Crippen molar-refractivity contribution >= 4 is 29.6 Å². The normalized spacial score (nSPS) is 10.9. The van der Waals surface area contributed by atoms with Crippen LogP contribution in [0, 0.1) is 6.92 Å². The van der Waals surface area contributed by atoms with Crippen LogP contribution in [-0.4, -0.2) is 46.3 Å². The number of carbonyl (C=O) groups excluding carboxylic acids is 2. The van der Waals surface area contributed by atoms with Gasteiger partial charge in [0.1, 0.15) is 0 Å². The van der Waals surface area contributed by atoms with Gasteiger partial charge in [-0.15, -0.1) is 5.10 Å². The molecule has 9 heteroatoms. The Bertz CT molecular complexity index is 1060. The van der Waals surface area contributed by atoms with E-state index in [0.29, 0.717) is 10.6 Å². The molecular weight excluding hydrogens is 408 g/mol. The third-order valence-corrected chi connectivity index (χ3v) is 4.23. The number of halogens is 1. The van der Waals surface area contributed by atoms with E-state index in [1.54, 1.807) is 43.3 Å². The molecule has 0 saturated heterocycles. The molecule has 0 aliphatic rings. The number of esters is 1. The van der Waals surface area contributed by atoms with Gasteiger partial charge in [-0.3, -0.25) is 4.79 Å². The van der Waals surface area contributed by atoms with E-state index in [1.807, 2.05) is 19.1 Å². The van der Waals surface area contributed by atoms with Crippen LogP contribution in [0.1, 0.15) is 38.9 Å². The first-order valence-electron chi connectivity index (χ1n) is 9.13. The fourth-order valence-electron chi connectivity index (χ4n) is 2.42. The van der Waals surface area contributed by atoms with Crippen LogP contribution < -0.4 is 4.74 Å². The lowest BCUT2D eigenvalue weighted by Gasteiger charge is -2.07. The molecule has 0 aliphatic heterocycles. The Hall–Kier alpha value is -3.52. The van der Waals surface area contributed by atoms with Gasteiger partial charge in [-0.2, -0.15) is 5.10 Å². The van der Waals surface area contributed by atoms with Crippen LogP contribution in [0.3, 0.4) is 0 Å².